The van der Waals surface area contributed by atoms with Gasteiger partial charge in [-0.2, -0.15) is 0 Å². The molecule has 2 N–H and O–H groups in total. The lowest BCUT2D eigenvalue weighted by Gasteiger charge is -2.11. The van der Waals surface area contributed by atoms with E-state index in [-0.39, 0.29) is 0 Å². The zero-order valence-corrected chi connectivity index (χ0v) is 15.6. The summed E-state index contributed by atoms with van der Waals surface area (Å²) < 4.78 is 26.8. The van der Waals surface area contributed by atoms with E-state index in [1.807, 2.05) is 12.3 Å². The Morgan fingerprint density at radius 1 is 1.28 bits per heavy atom. The summed E-state index contributed by atoms with van der Waals surface area (Å²) in [7, 11) is 0. The predicted molar refractivity (Wildman–Crippen MR) is 99.1 cm³/mol. The van der Waals surface area contributed by atoms with E-state index in [9.17, 15) is 8.78 Å². The van der Waals surface area contributed by atoms with Gasteiger partial charge in [-0.15, -0.1) is 11.3 Å². The second-order valence-corrected chi connectivity index (χ2v) is 6.83. The first kappa shape index (κ1) is 19.3. The summed E-state index contributed by atoms with van der Waals surface area (Å²) >= 11 is 1.64. The number of nitrogens with one attached hydrogen (secondary N) is 2. The molecular formula is C18H24F2N4S. The van der Waals surface area contributed by atoms with Gasteiger partial charge in [0.15, 0.2) is 5.96 Å². The molecule has 0 saturated heterocycles. The van der Waals surface area contributed by atoms with Crippen LogP contribution >= 0.6 is 11.3 Å². The number of halogens is 2. The fourth-order valence-electron chi connectivity index (χ4n) is 2.21. The lowest BCUT2D eigenvalue weighted by Crippen LogP contribution is -2.38. The lowest BCUT2D eigenvalue weighted by molar-refractivity contribution is 0.583. The molecule has 1 aromatic carbocycles. The summed E-state index contributed by atoms with van der Waals surface area (Å²) in [5, 5.41) is 9.40. The summed E-state index contributed by atoms with van der Waals surface area (Å²) in [6.45, 7) is 7.86. The topological polar surface area (TPSA) is 49.3 Å². The molecule has 0 radical (unpaired) electrons. The Morgan fingerprint density at radius 3 is 2.76 bits per heavy atom. The van der Waals surface area contributed by atoms with Crippen LogP contribution in [0.15, 0.2) is 28.6 Å². The van der Waals surface area contributed by atoms with Crippen LogP contribution in [0.25, 0.3) is 0 Å². The van der Waals surface area contributed by atoms with Crippen LogP contribution in [0, 0.1) is 11.6 Å². The Hall–Kier alpha value is -2.02. The van der Waals surface area contributed by atoms with Crippen molar-refractivity contribution in [2.45, 2.75) is 39.7 Å². The summed E-state index contributed by atoms with van der Waals surface area (Å²) in [4.78, 5) is 9.05. The second kappa shape index (κ2) is 9.46. The van der Waals surface area contributed by atoms with Crippen molar-refractivity contribution >= 4 is 17.3 Å². The molecule has 0 aliphatic carbocycles. The molecule has 2 aromatic rings. The molecule has 0 saturated carbocycles. The van der Waals surface area contributed by atoms with Gasteiger partial charge in [-0.3, -0.25) is 0 Å². The summed E-state index contributed by atoms with van der Waals surface area (Å²) in [5.74, 6) is 0.226. The van der Waals surface area contributed by atoms with Crippen molar-refractivity contribution in [3.63, 3.8) is 0 Å². The zero-order valence-electron chi connectivity index (χ0n) is 14.8. The number of aromatic nitrogens is 1. The molecule has 0 aliphatic rings. The number of hydrogen-bond donors (Lipinski definition) is 2. The average Bonchev–Trinajstić information content (AvgIpc) is 3.05. The van der Waals surface area contributed by atoms with Gasteiger partial charge >= 0.3 is 0 Å². The van der Waals surface area contributed by atoms with E-state index in [4.69, 9.17) is 0 Å². The maximum atomic E-state index is 13.6. The van der Waals surface area contributed by atoms with Crippen LogP contribution in [0.2, 0.25) is 0 Å². The van der Waals surface area contributed by atoms with Gasteiger partial charge in [-0.1, -0.05) is 13.8 Å². The molecule has 0 unspecified atom stereocenters. The molecule has 0 amide bonds. The lowest BCUT2D eigenvalue weighted by atomic mass is 10.1. The van der Waals surface area contributed by atoms with Crippen molar-refractivity contribution in [2.24, 2.45) is 4.99 Å². The van der Waals surface area contributed by atoms with Crippen molar-refractivity contribution in [2.75, 3.05) is 13.1 Å². The molecule has 0 fully saturated rings. The molecule has 0 aliphatic heterocycles. The third-order valence-electron chi connectivity index (χ3n) is 3.50. The fourth-order valence-corrected chi connectivity index (χ4v) is 3.04. The maximum Gasteiger partial charge on any atom is 0.191 e. The van der Waals surface area contributed by atoms with Gasteiger partial charge < -0.3 is 10.6 Å². The highest BCUT2D eigenvalue weighted by Crippen LogP contribution is 2.19. The van der Waals surface area contributed by atoms with Gasteiger partial charge in [0, 0.05) is 24.4 Å². The first-order valence-electron chi connectivity index (χ1n) is 8.40. The smallest absolute Gasteiger partial charge is 0.191 e. The molecule has 25 heavy (non-hydrogen) atoms. The van der Waals surface area contributed by atoms with E-state index in [1.54, 1.807) is 11.3 Å². The van der Waals surface area contributed by atoms with Crippen molar-refractivity contribution < 1.29 is 8.78 Å². The summed E-state index contributed by atoms with van der Waals surface area (Å²) in [5.41, 5.74) is 1.28. The highest BCUT2D eigenvalue weighted by Gasteiger charge is 2.07. The van der Waals surface area contributed by atoms with Crippen LogP contribution in [0.1, 0.15) is 43.0 Å². The average molecular weight is 366 g/mol. The van der Waals surface area contributed by atoms with Gasteiger partial charge in [0.05, 0.1) is 17.2 Å². The van der Waals surface area contributed by atoms with Crippen LogP contribution in [-0.2, 0) is 13.0 Å². The molecular weight excluding hydrogens is 342 g/mol. The first-order valence-corrected chi connectivity index (χ1v) is 9.28. The van der Waals surface area contributed by atoms with E-state index >= 15 is 0 Å². The Bertz CT molecular complexity index is 713. The number of rotatable bonds is 7. The number of aliphatic imine (C=N–C) groups is 1. The SMILES string of the molecule is CCNC(=NCc1csc(C(C)C)n1)NCCc1cc(F)ccc1F. The van der Waals surface area contributed by atoms with Crippen molar-refractivity contribution in [3.8, 4) is 0 Å². The highest BCUT2D eigenvalue weighted by atomic mass is 32.1. The maximum absolute atomic E-state index is 13.6. The predicted octanol–water partition coefficient (Wildman–Crippen LogP) is 3.84. The van der Waals surface area contributed by atoms with E-state index in [0.29, 0.717) is 43.5 Å². The van der Waals surface area contributed by atoms with Gasteiger partial charge in [0.2, 0.25) is 0 Å². The Morgan fingerprint density at radius 2 is 2.08 bits per heavy atom. The molecule has 2 rings (SSSR count). The second-order valence-electron chi connectivity index (χ2n) is 5.94. The van der Waals surface area contributed by atoms with E-state index in [2.05, 4.69) is 34.5 Å². The van der Waals surface area contributed by atoms with Crippen molar-refractivity contribution in [1.82, 2.24) is 15.6 Å². The van der Waals surface area contributed by atoms with Crippen molar-refractivity contribution in [3.05, 3.63) is 51.5 Å². The normalized spacial score (nSPS) is 11.8. The number of nitrogens with zero attached hydrogens (tertiary/aromatic N) is 2. The molecule has 1 aromatic heterocycles. The summed E-state index contributed by atoms with van der Waals surface area (Å²) in [6, 6.07) is 3.50. The Kier molecular flexibility index (Phi) is 7.31. The molecule has 7 heteroatoms. The quantitative estimate of drug-likeness (QED) is 0.578. The number of guanidine groups is 1. The van der Waals surface area contributed by atoms with E-state index in [1.165, 1.54) is 6.07 Å². The fraction of sp³-hybridized carbons (Fsp3) is 0.444. The largest absolute Gasteiger partial charge is 0.357 e. The molecule has 0 spiro atoms. The Balaban J connectivity index is 1.91. The van der Waals surface area contributed by atoms with Crippen molar-refractivity contribution in [1.29, 1.82) is 0 Å². The Labute approximate surface area is 151 Å². The van der Waals surface area contributed by atoms with Crippen LogP contribution in [0.5, 0.6) is 0 Å². The van der Waals surface area contributed by atoms with Crippen LogP contribution in [-0.4, -0.2) is 24.0 Å². The number of hydrogen-bond acceptors (Lipinski definition) is 3. The van der Waals surface area contributed by atoms with Crippen LogP contribution in [0.4, 0.5) is 8.78 Å². The standard InChI is InChI=1S/C18H24F2N4S/c1-4-21-18(23-10-15-11-25-17(24-15)12(2)3)22-8-7-13-9-14(19)5-6-16(13)20/h5-6,9,11-12H,4,7-8,10H2,1-3H3,(H2,21,22,23). The van der Waals surface area contributed by atoms with Gasteiger partial charge in [0.25, 0.3) is 0 Å². The summed E-state index contributed by atoms with van der Waals surface area (Å²) in [6.07, 6.45) is 0.377. The monoisotopic (exact) mass is 366 g/mol. The minimum Gasteiger partial charge on any atom is -0.357 e. The molecule has 0 atom stereocenters. The number of thiazole rings is 1. The van der Waals surface area contributed by atoms with E-state index < -0.39 is 11.6 Å². The van der Waals surface area contributed by atoms with Crippen LogP contribution in [0.3, 0.4) is 0 Å². The van der Waals surface area contributed by atoms with E-state index in [0.717, 1.165) is 22.8 Å². The molecule has 0 bridgehead atoms. The molecule has 4 nitrogen and oxygen atoms in total. The minimum absolute atomic E-state index is 0.351. The zero-order chi connectivity index (χ0) is 18.2. The van der Waals surface area contributed by atoms with Crippen LogP contribution < -0.4 is 10.6 Å². The minimum atomic E-state index is -0.429. The first-order chi connectivity index (χ1) is 12.0. The number of benzene rings is 1. The molecule has 1 heterocycles. The molecule has 136 valence electrons. The van der Waals surface area contributed by atoms with Gasteiger partial charge in [-0.25, -0.2) is 18.8 Å². The third kappa shape index (κ3) is 6.08. The van der Waals surface area contributed by atoms with Gasteiger partial charge in [-0.05, 0) is 37.1 Å². The van der Waals surface area contributed by atoms with Gasteiger partial charge in [0.1, 0.15) is 11.6 Å². The highest BCUT2D eigenvalue weighted by molar-refractivity contribution is 7.09. The third-order valence-corrected chi connectivity index (χ3v) is 4.70.